The average molecular weight is 393 g/mol. The monoisotopic (exact) mass is 392 g/mol. The second-order valence-electron chi connectivity index (χ2n) is 5.18. The molecule has 2 aromatic carbocycles. The van der Waals surface area contributed by atoms with Crippen molar-refractivity contribution in [1.82, 2.24) is 4.98 Å². The number of rotatable bonds is 5. The van der Waals surface area contributed by atoms with Crippen molar-refractivity contribution >= 4 is 34.0 Å². The van der Waals surface area contributed by atoms with E-state index in [-0.39, 0.29) is 10.6 Å². The Morgan fingerprint density at radius 2 is 2.00 bits per heavy atom. The minimum absolute atomic E-state index is 0.145. The average Bonchev–Trinajstić information content (AvgIpc) is 3.11. The molecule has 0 bridgehead atoms. The molecule has 8 heteroatoms. The molecule has 0 radical (unpaired) electrons. The number of halogens is 2. The van der Waals surface area contributed by atoms with Crippen molar-refractivity contribution in [3.63, 3.8) is 0 Å². The van der Waals surface area contributed by atoms with Crippen molar-refractivity contribution in [3.05, 3.63) is 58.2 Å². The Hall–Kier alpha value is -2.64. The van der Waals surface area contributed by atoms with Gasteiger partial charge in [-0.3, -0.25) is 10.1 Å². The number of anilines is 1. The number of thiazole rings is 1. The van der Waals surface area contributed by atoms with E-state index in [1.807, 2.05) is 0 Å². The second kappa shape index (κ2) is 7.72. The molecule has 0 aliphatic rings. The Bertz CT molecular complexity index is 961. The first-order valence-electron chi connectivity index (χ1n) is 7.46. The summed E-state index contributed by atoms with van der Waals surface area (Å²) in [6.07, 6.45) is 0. The molecule has 0 aliphatic carbocycles. The van der Waals surface area contributed by atoms with Gasteiger partial charge in [0.05, 0.1) is 25.5 Å². The molecule has 0 atom stereocenters. The fourth-order valence-electron chi connectivity index (χ4n) is 2.31. The zero-order valence-electron chi connectivity index (χ0n) is 13.9. The van der Waals surface area contributed by atoms with Gasteiger partial charge in [-0.15, -0.1) is 11.3 Å². The summed E-state index contributed by atoms with van der Waals surface area (Å²) in [6, 6.07) is 9.13. The lowest BCUT2D eigenvalue weighted by Gasteiger charge is -2.08. The third kappa shape index (κ3) is 3.79. The van der Waals surface area contributed by atoms with Crippen LogP contribution in [-0.2, 0) is 0 Å². The highest BCUT2D eigenvalue weighted by atomic mass is 35.5. The molecular formula is C18H14ClFN2O3S. The van der Waals surface area contributed by atoms with Crippen molar-refractivity contribution in [3.8, 4) is 22.8 Å². The fourth-order valence-corrected chi connectivity index (χ4v) is 3.18. The topological polar surface area (TPSA) is 60.5 Å². The first kappa shape index (κ1) is 18.2. The molecule has 0 aliphatic heterocycles. The molecule has 26 heavy (non-hydrogen) atoms. The first-order chi connectivity index (χ1) is 12.5. The van der Waals surface area contributed by atoms with Crippen LogP contribution in [0.3, 0.4) is 0 Å². The summed E-state index contributed by atoms with van der Waals surface area (Å²) in [7, 11) is 3.13. The number of amides is 1. The fraction of sp³-hybridized carbons (Fsp3) is 0.111. The van der Waals surface area contributed by atoms with Crippen molar-refractivity contribution in [2.45, 2.75) is 0 Å². The van der Waals surface area contributed by atoms with E-state index in [0.717, 1.165) is 11.6 Å². The van der Waals surface area contributed by atoms with Gasteiger partial charge in [0.25, 0.3) is 5.91 Å². The summed E-state index contributed by atoms with van der Waals surface area (Å²) >= 11 is 7.04. The number of carbonyl (C=O) groups excluding carboxylic acids is 1. The van der Waals surface area contributed by atoms with Gasteiger partial charge in [0.2, 0.25) is 0 Å². The highest BCUT2D eigenvalue weighted by Gasteiger charge is 2.16. The lowest BCUT2D eigenvalue weighted by Crippen LogP contribution is -2.13. The molecule has 1 heterocycles. The van der Waals surface area contributed by atoms with Crippen LogP contribution in [0.1, 0.15) is 10.4 Å². The van der Waals surface area contributed by atoms with Gasteiger partial charge in [-0.2, -0.15) is 0 Å². The number of nitrogens with zero attached hydrogens (tertiary/aromatic N) is 1. The summed E-state index contributed by atoms with van der Waals surface area (Å²) in [5.41, 5.74) is 1.18. The normalized spacial score (nSPS) is 10.5. The smallest absolute Gasteiger partial charge is 0.260 e. The third-order valence-electron chi connectivity index (χ3n) is 3.58. The summed E-state index contributed by atoms with van der Waals surface area (Å²) in [5.74, 6) is -0.00287. The number of benzene rings is 2. The largest absolute Gasteiger partial charge is 0.497 e. The summed E-state index contributed by atoms with van der Waals surface area (Å²) in [6.45, 7) is 0. The predicted molar refractivity (Wildman–Crippen MR) is 100 cm³/mol. The molecule has 0 unspecified atom stereocenters. The number of methoxy groups -OCH3 is 2. The third-order valence-corrected chi connectivity index (χ3v) is 4.57. The van der Waals surface area contributed by atoms with Gasteiger partial charge in [0, 0.05) is 16.0 Å². The van der Waals surface area contributed by atoms with E-state index < -0.39 is 11.7 Å². The lowest BCUT2D eigenvalue weighted by atomic mass is 10.1. The van der Waals surface area contributed by atoms with Crippen LogP contribution in [-0.4, -0.2) is 25.1 Å². The van der Waals surface area contributed by atoms with E-state index >= 15 is 0 Å². The zero-order valence-corrected chi connectivity index (χ0v) is 15.5. The maximum Gasteiger partial charge on any atom is 0.260 e. The van der Waals surface area contributed by atoms with E-state index in [9.17, 15) is 9.18 Å². The van der Waals surface area contributed by atoms with Gasteiger partial charge in [-0.05, 0) is 36.4 Å². The quantitative estimate of drug-likeness (QED) is 0.672. The second-order valence-corrected chi connectivity index (χ2v) is 6.48. The van der Waals surface area contributed by atoms with Gasteiger partial charge in [0.15, 0.2) is 5.13 Å². The van der Waals surface area contributed by atoms with Crippen LogP contribution >= 0.6 is 22.9 Å². The predicted octanol–water partition coefficient (Wildman–Crippen LogP) is 4.87. The Morgan fingerprint density at radius 1 is 1.19 bits per heavy atom. The molecule has 0 fully saturated rings. The number of nitrogens with one attached hydrogen (secondary N) is 1. The van der Waals surface area contributed by atoms with E-state index in [1.165, 1.54) is 23.5 Å². The van der Waals surface area contributed by atoms with E-state index in [4.69, 9.17) is 21.1 Å². The number of carbonyl (C=O) groups is 1. The first-order valence-corrected chi connectivity index (χ1v) is 8.72. The minimum Gasteiger partial charge on any atom is -0.497 e. The molecule has 0 spiro atoms. The van der Waals surface area contributed by atoms with Crippen molar-refractivity contribution in [1.29, 1.82) is 0 Å². The highest BCUT2D eigenvalue weighted by Crippen LogP contribution is 2.35. The molecule has 1 N–H and O–H groups in total. The van der Waals surface area contributed by atoms with Gasteiger partial charge in [-0.1, -0.05) is 11.6 Å². The standard InChI is InChI=1S/C18H14ClFN2O3S/c1-24-11-4-6-16(25-2)13(8-11)15-9-26-18(21-15)22-17(23)12-7-10(19)3-5-14(12)20/h3-9H,1-2H3,(H,21,22,23). The Kier molecular flexibility index (Phi) is 5.39. The summed E-state index contributed by atoms with van der Waals surface area (Å²) in [5, 5.41) is 4.95. The van der Waals surface area contributed by atoms with Gasteiger partial charge in [0.1, 0.15) is 17.3 Å². The van der Waals surface area contributed by atoms with E-state index in [2.05, 4.69) is 10.3 Å². The Balaban J connectivity index is 1.87. The number of aromatic nitrogens is 1. The maximum atomic E-state index is 13.8. The number of hydrogen-bond donors (Lipinski definition) is 1. The number of hydrogen-bond acceptors (Lipinski definition) is 5. The molecule has 3 rings (SSSR count). The van der Waals surface area contributed by atoms with Crippen LogP contribution in [0.15, 0.2) is 41.8 Å². The Labute approximate surface area is 158 Å². The highest BCUT2D eigenvalue weighted by molar-refractivity contribution is 7.14. The molecule has 134 valence electrons. The van der Waals surface area contributed by atoms with Crippen LogP contribution < -0.4 is 14.8 Å². The summed E-state index contributed by atoms with van der Waals surface area (Å²) in [4.78, 5) is 16.6. The molecule has 3 aromatic rings. The van der Waals surface area contributed by atoms with Gasteiger partial charge < -0.3 is 9.47 Å². The molecule has 5 nitrogen and oxygen atoms in total. The summed E-state index contributed by atoms with van der Waals surface area (Å²) < 4.78 is 24.4. The SMILES string of the molecule is COc1ccc(OC)c(-c2csc(NC(=O)c3cc(Cl)ccc3F)n2)c1. The molecule has 1 aromatic heterocycles. The van der Waals surface area contributed by atoms with Crippen molar-refractivity contribution in [2.24, 2.45) is 0 Å². The van der Waals surface area contributed by atoms with Crippen LogP contribution in [0.4, 0.5) is 9.52 Å². The van der Waals surface area contributed by atoms with Crippen LogP contribution in [0.5, 0.6) is 11.5 Å². The molecule has 0 saturated heterocycles. The number of ether oxygens (including phenoxy) is 2. The molecule has 1 amide bonds. The van der Waals surface area contributed by atoms with Crippen molar-refractivity contribution < 1.29 is 18.7 Å². The van der Waals surface area contributed by atoms with Crippen LogP contribution in [0.2, 0.25) is 5.02 Å². The lowest BCUT2D eigenvalue weighted by molar-refractivity contribution is 0.102. The van der Waals surface area contributed by atoms with Crippen LogP contribution in [0.25, 0.3) is 11.3 Å². The molecule has 0 saturated carbocycles. The van der Waals surface area contributed by atoms with Gasteiger partial charge >= 0.3 is 0 Å². The molecular weight excluding hydrogens is 379 g/mol. The van der Waals surface area contributed by atoms with E-state index in [1.54, 1.807) is 37.8 Å². The van der Waals surface area contributed by atoms with Crippen molar-refractivity contribution in [2.75, 3.05) is 19.5 Å². The van der Waals surface area contributed by atoms with Crippen LogP contribution in [0, 0.1) is 5.82 Å². The van der Waals surface area contributed by atoms with E-state index in [0.29, 0.717) is 22.3 Å². The minimum atomic E-state index is -0.654. The zero-order chi connectivity index (χ0) is 18.7. The van der Waals surface area contributed by atoms with Gasteiger partial charge in [-0.25, -0.2) is 9.37 Å². The Morgan fingerprint density at radius 3 is 2.73 bits per heavy atom. The maximum absolute atomic E-state index is 13.8.